The third-order valence-corrected chi connectivity index (χ3v) is 3.84. The highest BCUT2D eigenvalue weighted by atomic mass is 16.7. The van der Waals surface area contributed by atoms with E-state index >= 15 is 0 Å². The van der Waals surface area contributed by atoms with Crippen LogP contribution in [0.5, 0.6) is 0 Å². The molecule has 6 heteroatoms. The van der Waals surface area contributed by atoms with Crippen molar-refractivity contribution in [3.05, 3.63) is 35.9 Å². The Balaban J connectivity index is 0.000000924. The van der Waals surface area contributed by atoms with Gasteiger partial charge >= 0.3 is 5.97 Å². The van der Waals surface area contributed by atoms with Crippen LogP contribution in [0.3, 0.4) is 0 Å². The third kappa shape index (κ3) is 4.09. The van der Waals surface area contributed by atoms with Crippen LogP contribution >= 0.6 is 0 Å². The van der Waals surface area contributed by atoms with Crippen molar-refractivity contribution in [3.8, 4) is 0 Å². The summed E-state index contributed by atoms with van der Waals surface area (Å²) in [6, 6.07) is 9.39. The van der Waals surface area contributed by atoms with Gasteiger partial charge in [0.15, 0.2) is 12.4 Å². The highest BCUT2D eigenvalue weighted by Gasteiger charge is 2.45. The predicted octanol–water partition coefficient (Wildman–Crippen LogP) is 1.78. The van der Waals surface area contributed by atoms with Gasteiger partial charge in [0, 0.05) is 18.0 Å². The first-order chi connectivity index (χ1) is 11.2. The molecule has 2 aliphatic rings. The molecule has 0 spiro atoms. The van der Waals surface area contributed by atoms with E-state index in [-0.39, 0.29) is 18.2 Å². The van der Waals surface area contributed by atoms with Crippen molar-refractivity contribution in [2.75, 3.05) is 13.7 Å². The molecule has 0 radical (unpaired) electrons. The second-order valence-corrected chi connectivity index (χ2v) is 5.26. The summed E-state index contributed by atoms with van der Waals surface area (Å²) < 4.78 is 22.0. The van der Waals surface area contributed by atoms with Gasteiger partial charge in [-0.25, -0.2) is 4.79 Å². The minimum atomic E-state index is -0.647. The lowest BCUT2D eigenvalue weighted by Gasteiger charge is -2.44. The van der Waals surface area contributed by atoms with E-state index in [0.29, 0.717) is 13.0 Å². The molecule has 2 aliphatic heterocycles. The Morgan fingerprint density at radius 1 is 1.22 bits per heavy atom. The monoisotopic (exact) mass is 323 g/mol. The first-order valence-electron chi connectivity index (χ1n) is 8.00. The van der Waals surface area contributed by atoms with E-state index in [4.69, 9.17) is 24.7 Å². The fourth-order valence-corrected chi connectivity index (χ4v) is 2.76. The van der Waals surface area contributed by atoms with Crippen molar-refractivity contribution < 1.29 is 23.7 Å². The fraction of sp³-hybridized carbons (Fsp3) is 0.588. The number of carbonyl (C=O) groups is 1. The van der Waals surface area contributed by atoms with Gasteiger partial charge in [-0.05, 0) is 0 Å². The maximum absolute atomic E-state index is 11.6. The van der Waals surface area contributed by atoms with Crippen molar-refractivity contribution in [1.29, 1.82) is 0 Å². The average molecular weight is 323 g/mol. The number of ether oxygens (including phenoxy) is 4. The number of nitrogens with two attached hydrogens (primary N) is 1. The summed E-state index contributed by atoms with van der Waals surface area (Å²) in [7, 11) is 1.34. The third-order valence-electron chi connectivity index (χ3n) is 3.84. The molecule has 0 amide bonds. The van der Waals surface area contributed by atoms with Crippen molar-refractivity contribution in [3.63, 3.8) is 0 Å². The first-order valence-corrected chi connectivity index (χ1v) is 8.00. The van der Waals surface area contributed by atoms with Crippen LogP contribution in [0.1, 0.15) is 32.1 Å². The second-order valence-electron chi connectivity index (χ2n) is 5.26. The van der Waals surface area contributed by atoms with Crippen LogP contribution < -0.4 is 5.73 Å². The van der Waals surface area contributed by atoms with Gasteiger partial charge < -0.3 is 24.7 Å². The molecule has 0 bridgehead atoms. The molecule has 2 heterocycles. The summed E-state index contributed by atoms with van der Waals surface area (Å²) in [6.45, 7) is 4.34. The number of carbonyl (C=O) groups excluding carboxylic acids is 1. The molecule has 1 aromatic rings. The van der Waals surface area contributed by atoms with Crippen molar-refractivity contribution >= 4 is 5.97 Å². The fourth-order valence-electron chi connectivity index (χ4n) is 2.76. The number of hydrogen-bond donors (Lipinski definition) is 1. The molecular weight excluding hydrogens is 298 g/mol. The van der Waals surface area contributed by atoms with Gasteiger partial charge in [0.25, 0.3) is 0 Å². The molecule has 3 rings (SSSR count). The number of esters is 1. The highest BCUT2D eigenvalue weighted by molar-refractivity contribution is 5.74. The van der Waals surface area contributed by atoms with E-state index in [2.05, 4.69) is 0 Å². The summed E-state index contributed by atoms with van der Waals surface area (Å²) >= 11 is 0. The Hall–Kier alpha value is -1.47. The van der Waals surface area contributed by atoms with Crippen LogP contribution in [0, 0.1) is 0 Å². The van der Waals surface area contributed by atoms with Crippen LogP contribution in [0.25, 0.3) is 0 Å². The Morgan fingerprint density at radius 2 is 1.91 bits per heavy atom. The Morgan fingerprint density at radius 3 is 2.57 bits per heavy atom. The zero-order chi connectivity index (χ0) is 16.8. The zero-order valence-corrected chi connectivity index (χ0v) is 13.8. The second kappa shape index (κ2) is 8.40. The van der Waals surface area contributed by atoms with E-state index in [1.165, 1.54) is 7.11 Å². The largest absolute Gasteiger partial charge is 0.467 e. The SMILES string of the molecule is CC.COC(=O)C1CC(N)C2OC(c3ccccc3)OCC2O1. The van der Waals surface area contributed by atoms with Gasteiger partial charge in [-0.15, -0.1) is 0 Å². The number of rotatable bonds is 2. The Kier molecular flexibility index (Phi) is 6.53. The molecule has 2 N–H and O–H groups in total. The number of benzene rings is 1. The van der Waals surface area contributed by atoms with E-state index in [1.807, 2.05) is 44.2 Å². The van der Waals surface area contributed by atoms with E-state index in [0.717, 1.165) is 5.56 Å². The van der Waals surface area contributed by atoms with Gasteiger partial charge in [-0.2, -0.15) is 0 Å². The zero-order valence-electron chi connectivity index (χ0n) is 13.8. The van der Waals surface area contributed by atoms with E-state index < -0.39 is 18.4 Å². The lowest BCUT2D eigenvalue weighted by Crippen LogP contribution is -2.59. The molecule has 0 saturated carbocycles. The first kappa shape index (κ1) is 17.9. The van der Waals surface area contributed by atoms with Crippen molar-refractivity contribution in [2.45, 2.75) is 50.9 Å². The standard InChI is InChI=1S/C15H19NO5.C2H6/c1-18-14(17)11-7-10(16)13-12(20-11)8-19-15(21-13)9-5-3-2-4-6-9;1-2/h2-6,10-13,15H,7-8,16H2,1H3;1-2H3. The summed E-state index contributed by atoms with van der Waals surface area (Å²) in [5.74, 6) is -0.408. The molecule has 0 aliphatic carbocycles. The van der Waals surface area contributed by atoms with Crippen LogP contribution in [0.4, 0.5) is 0 Å². The summed E-state index contributed by atoms with van der Waals surface area (Å²) in [5, 5.41) is 0. The summed E-state index contributed by atoms with van der Waals surface area (Å²) in [6.07, 6.45) is -1.35. The number of hydrogen-bond acceptors (Lipinski definition) is 6. The smallest absolute Gasteiger partial charge is 0.335 e. The van der Waals surface area contributed by atoms with Crippen LogP contribution in [0.2, 0.25) is 0 Å². The van der Waals surface area contributed by atoms with Gasteiger partial charge in [0.2, 0.25) is 0 Å². The quantitative estimate of drug-likeness (QED) is 0.836. The molecule has 128 valence electrons. The van der Waals surface area contributed by atoms with Gasteiger partial charge in [-0.1, -0.05) is 44.2 Å². The van der Waals surface area contributed by atoms with E-state index in [9.17, 15) is 4.79 Å². The average Bonchev–Trinajstić information content (AvgIpc) is 2.63. The van der Waals surface area contributed by atoms with E-state index in [1.54, 1.807) is 0 Å². The summed E-state index contributed by atoms with van der Waals surface area (Å²) in [5.41, 5.74) is 7.09. The maximum Gasteiger partial charge on any atom is 0.335 e. The molecule has 1 aromatic carbocycles. The molecule has 5 unspecified atom stereocenters. The maximum atomic E-state index is 11.6. The molecular formula is C17H25NO5. The summed E-state index contributed by atoms with van der Waals surface area (Å²) in [4.78, 5) is 11.6. The molecule has 2 fully saturated rings. The van der Waals surface area contributed by atoms with Gasteiger partial charge in [0.1, 0.15) is 12.2 Å². The lowest BCUT2D eigenvalue weighted by molar-refractivity contribution is -0.291. The normalized spacial score (nSPS) is 33.0. The molecule has 5 atom stereocenters. The van der Waals surface area contributed by atoms with Gasteiger partial charge in [-0.3, -0.25) is 0 Å². The lowest BCUT2D eigenvalue weighted by atomic mass is 9.95. The predicted molar refractivity (Wildman–Crippen MR) is 84.6 cm³/mol. The van der Waals surface area contributed by atoms with Crippen molar-refractivity contribution in [2.24, 2.45) is 5.73 Å². The van der Waals surface area contributed by atoms with Crippen LogP contribution in [-0.4, -0.2) is 44.0 Å². The molecule has 0 aromatic heterocycles. The highest BCUT2D eigenvalue weighted by Crippen LogP contribution is 2.33. The van der Waals surface area contributed by atoms with Crippen molar-refractivity contribution in [1.82, 2.24) is 0 Å². The topological polar surface area (TPSA) is 80.0 Å². The minimum absolute atomic E-state index is 0.287. The Bertz CT molecular complexity index is 495. The molecule has 6 nitrogen and oxygen atoms in total. The Labute approximate surface area is 136 Å². The number of fused-ring (bicyclic) bond motifs is 1. The number of methoxy groups -OCH3 is 1. The molecule has 23 heavy (non-hydrogen) atoms. The molecule has 2 saturated heterocycles. The minimum Gasteiger partial charge on any atom is -0.467 e. The van der Waals surface area contributed by atoms with Crippen LogP contribution in [-0.2, 0) is 23.7 Å². The van der Waals surface area contributed by atoms with Gasteiger partial charge in [0.05, 0.1) is 13.7 Å². The van der Waals surface area contributed by atoms with Crippen LogP contribution in [0.15, 0.2) is 30.3 Å².